The largest absolute Gasteiger partial charge is 0.481 e. The van der Waals surface area contributed by atoms with E-state index in [0.717, 1.165) is 5.56 Å². The van der Waals surface area contributed by atoms with Crippen LogP contribution in [0.1, 0.15) is 12.0 Å². The normalized spacial score (nSPS) is 11.4. The van der Waals surface area contributed by atoms with E-state index in [2.05, 4.69) is 5.32 Å². The predicted molar refractivity (Wildman–Crippen MR) is 61.8 cm³/mol. The molecule has 0 aromatic heterocycles. The van der Waals surface area contributed by atoms with Crippen LogP contribution in [0.4, 0.5) is 0 Å². The summed E-state index contributed by atoms with van der Waals surface area (Å²) in [4.78, 5) is 10.3. The summed E-state index contributed by atoms with van der Waals surface area (Å²) in [5.41, 5.74) is 0.864. The Bertz CT molecular complexity index is 482. The second-order valence-corrected chi connectivity index (χ2v) is 5.07. The van der Waals surface area contributed by atoms with Crippen LogP contribution in [0, 0.1) is 0 Å². The Labute approximate surface area is 99.5 Å². The molecule has 0 radical (unpaired) electrons. The van der Waals surface area contributed by atoms with E-state index in [9.17, 15) is 13.2 Å². The number of benzene rings is 1. The summed E-state index contributed by atoms with van der Waals surface area (Å²) in [5.74, 6) is -0.859. The molecule has 0 bridgehead atoms. The molecule has 0 aliphatic rings. The quantitative estimate of drug-likeness (QED) is 0.617. The molecular weight excluding hydrogens is 244 g/mol. The monoisotopic (exact) mass is 258 g/mol. The summed E-state index contributed by atoms with van der Waals surface area (Å²) in [7, 11) is -3.65. The lowest BCUT2D eigenvalue weighted by molar-refractivity contribution is -0.136. The van der Waals surface area contributed by atoms with Crippen molar-refractivity contribution < 1.29 is 18.3 Å². The number of carbonyl (C=O) groups is 1. The maximum absolute atomic E-state index is 11.0. The molecule has 0 aliphatic heterocycles. The number of rotatable bonds is 6. The summed E-state index contributed by atoms with van der Waals surface area (Å²) < 4.78 is 22.0. The second-order valence-electron chi connectivity index (χ2n) is 3.51. The fourth-order valence-corrected chi connectivity index (χ4v) is 1.74. The van der Waals surface area contributed by atoms with E-state index < -0.39 is 16.0 Å². The smallest absolute Gasteiger partial charge is 0.304 e. The first-order valence-electron chi connectivity index (χ1n) is 4.94. The van der Waals surface area contributed by atoms with E-state index in [-0.39, 0.29) is 11.3 Å². The first-order valence-corrected chi connectivity index (χ1v) is 6.48. The SMILES string of the molecule is NS(=O)(=O)c1ccc(CNCCC(=O)O)cc1. The van der Waals surface area contributed by atoms with Crippen molar-refractivity contribution >= 4 is 16.0 Å². The average molecular weight is 258 g/mol. The molecule has 17 heavy (non-hydrogen) atoms. The van der Waals surface area contributed by atoms with E-state index >= 15 is 0 Å². The molecule has 0 spiro atoms. The maximum atomic E-state index is 11.0. The lowest BCUT2D eigenvalue weighted by Gasteiger charge is -2.04. The number of hydrogen-bond acceptors (Lipinski definition) is 4. The van der Waals surface area contributed by atoms with E-state index in [1.807, 2.05) is 0 Å². The van der Waals surface area contributed by atoms with Gasteiger partial charge in [0.2, 0.25) is 10.0 Å². The fourth-order valence-electron chi connectivity index (χ4n) is 1.23. The molecule has 0 saturated carbocycles. The molecule has 0 atom stereocenters. The third-order valence-electron chi connectivity index (χ3n) is 2.10. The molecule has 0 amide bonds. The van der Waals surface area contributed by atoms with Crippen molar-refractivity contribution in [3.05, 3.63) is 29.8 Å². The van der Waals surface area contributed by atoms with Crippen molar-refractivity contribution in [2.75, 3.05) is 6.54 Å². The Morgan fingerprint density at radius 1 is 1.29 bits per heavy atom. The van der Waals surface area contributed by atoms with Crippen molar-refractivity contribution in [1.29, 1.82) is 0 Å². The summed E-state index contributed by atoms with van der Waals surface area (Å²) in [6.45, 7) is 0.852. The zero-order valence-electron chi connectivity index (χ0n) is 9.09. The highest BCUT2D eigenvalue weighted by Gasteiger charge is 2.06. The van der Waals surface area contributed by atoms with Gasteiger partial charge in [-0.1, -0.05) is 12.1 Å². The van der Waals surface area contributed by atoms with Crippen molar-refractivity contribution in [3.63, 3.8) is 0 Å². The van der Waals surface area contributed by atoms with Crippen LogP contribution < -0.4 is 10.5 Å². The van der Waals surface area contributed by atoms with Gasteiger partial charge in [0.25, 0.3) is 0 Å². The molecule has 1 rings (SSSR count). The molecule has 0 aliphatic carbocycles. The van der Waals surface area contributed by atoms with Crippen LogP contribution in [0.25, 0.3) is 0 Å². The third-order valence-corrected chi connectivity index (χ3v) is 3.03. The van der Waals surface area contributed by atoms with E-state index in [4.69, 9.17) is 10.2 Å². The Morgan fingerprint density at radius 2 is 1.88 bits per heavy atom. The summed E-state index contributed by atoms with van der Waals surface area (Å²) >= 11 is 0. The number of nitrogens with two attached hydrogens (primary N) is 1. The minimum atomic E-state index is -3.65. The molecule has 0 saturated heterocycles. The molecule has 7 heteroatoms. The van der Waals surface area contributed by atoms with Gasteiger partial charge in [0, 0.05) is 13.1 Å². The highest BCUT2D eigenvalue weighted by molar-refractivity contribution is 7.89. The first-order chi connectivity index (χ1) is 7.89. The molecule has 0 unspecified atom stereocenters. The molecule has 1 aromatic carbocycles. The van der Waals surface area contributed by atoms with Crippen LogP contribution in [-0.2, 0) is 21.4 Å². The van der Waals surface area contributed by atoms with E-state index in [1.165, 1.54) is 12.1 Å². The molecule has 94 valence electrons. The second kappa shape index (κ2) is 5.76. The number of nitrogens with one attached hydrogen (secondary N) is 1. The lowest BCUT2D eigenvalue weighted by Crippen LogP contribution is -2.17. The van der Waals surface area contributed by atoms with Gasteiger partial charge in [-0.25, -0.2) is 13.6 Å². The molecule has 4 N–H and O–H groups in total. The zero-order chi connectivity index (χ0) is 12.9. The first kappa shape index (κ1) is 13.6. The zero-order valence-corrected chi connectivity index (χ0v) is 9.90. The Morgan fingerprint density at radius 3 is 2.35 bits per heavy atom. The highest BCUT2D eigenvalue weighted by atomic mass is 32.2. The van der Waals surface area contributed by atoms with Crippen molar-refractivity contribution in [2.45, 2.75) is 17.9 Å². The number of primary sulfonamides is 1. The van der Waals surface area contributed by atoms with Crippen LogP contribution in [0.5, 0.6) is 0 Å². The number of sulfonamides is 1. The van der Waals surface area contributed by atoms with Crippen LogP contribution in [0.2, 0.25) is 0 Å². The lowest BCUT2D eigenvalue weighted by atomic mass is 10.2. The fraction of sp³-hybridized carbons (Fsp3) is 0.300. The van der Waals surface area contributed by atoms with Gasteiger partial charge >= 0.3 is 5.97 Å². The number of carboxylic acids is 1. The van der Waals surface area contributed by atoms with Crippen LogP contribution in [-0.4, -0.2) is 26.0 Å². The van der Waals surface area contributed by atoms with Gasteiger partial charge in [-0.05, 0) is 17.7 Å². The summed E-state index contributed by atoms with van der Waals surface area (Å²) in [5, 5.41) is 16.3. The van der Waals surface area contributed by atoms with Gasteiger partial charge in [0.15, 0.2) is 0 Å². The van der Waals surface area contributed by atoms with Crippen LogP contribution in [0.15, 0.2) is 29.2 Å². The van der Waals surface area contributed by atoms with Gasteiger partial charge in [-0.2, -0.15) is 0 Å². The number of carboxylic acid groups (broad SMARTS) is 1. The van der Waals surface area contributed by atoms with E-state index in [1.54, 1.807) is 12.1 Å². The van der Waals surface area contributed by atoms with Gasteiger partial charge in [-0.15, -0.1) is 0 Å². The average Bonchev–Trinajstić information content (AvgIpc) is 2.23. The summed E-state index contributed by atoms with van der Waals surface area (Å²) in [6.07, 6.45) is 0.0509. The Hall–Kier alpha value is -1.44. The van der Waals surface area contributed by atoms with Gasteiger partial charge in [0.05, 0.1) is 11.3 Å². The van der Waals surface area contributed by atoms with Gasteiger partial charge < -0.3 is 10.4 Å². The molecule has 0 heterocycles. The van der Waals surface area contributed by atoms with Gasteiger partial charge in [0.1, 0.15) is 0 Å². The van der Waals surface area contributed by atoms with Crippen LogP contribution >= 0.6 is 0 Å². The summed E-state index contributed by atoms with van der Waals surface area (Å²) in [6, 6.07) is 6.11. The molecule has 1 aromatic rings. The minimum Gasteiger partial charge on any atom is -0.481 e. The minimum absolute atomic E-state index is 0.0509. The Balaban J connectivity index is 2.49. The maximum Gasteiger partial charge on any atom is 0.304 e. The van der Waals surface area contributed by atoms with Crippen molar-refractivity contribution in [3.8, 4) is 0 Å². The molecule has 0 fully saturated rings. The van der Waals surface area contributed by atoms with Crippen LogP contribution in [0.3, 0.4) is 0 Å². The Kier molecular flexibility index (Phi) is 4.62. The number of aliphatic carboxylic acids is 1. The topological polar surface area (TPSA) is 109 Å². The number of hydrogen-bond donors (Lipinski definition) is 3. The van der Waals surface area contributed by atoms with E-state index in [0.29, 0.717) is 13.1 Å². The van der Waals surface area contributed by atoms with Crippen molar-refractivity contribution in [1.82, 2.24) is 5.32 Å². The molecular formula is C10H14N2O4S. The van der Waals surface area contributed by atoms with Gasteiger partial charge in [-0.3, -0.25) is 4.79 Å². The highest BCUT2D eigenvalue weighted by Crippen LogP contribution is 2.08. The standard InChI is InChI=1S/C10H14N2O4S/c11-17(15,16)9-3-1-8(2-4-9)7-12-6-5-10(13)14/h1-4,12H,5-7H2,(H,13,14)(H2,11,15,16). The molecule has 6 nitrogen and oxygen atoms in total. The van der Waals surface area contributed by atoms with Crippen molar-refractivity contribution in [2.24, 2.45) is 5.14 Å². The predicted octanol–water partition coefficient (Wildman–Crippen LogP) is -0.102. The third kappa shape index (κ3) is 4.94.